The highest BCUT2D eigenvalue weighted by atomic mass is 32.1. The molecule has 0 saturated carbocycles. The van der Waals surface area contributed by atoms with Crippen LogP contribution in [0.5, 0.6) is 0 Å². The Labute approximate surface area is 128 Å². The lowest BCUT2D eigenvalue weighted by atomic mass is 10.1. The number of nitrogens with zero attached hydrogens (tertiary/aromatic N) is 1. The molecule has 2 N–H and O–H groups in total. The third-order valence-electron chi connectivity index (χ3n) is 3.69. The molecule has 1 aliphatic heterocycles. The summed E-state index contributed by atoms with van der Waals surface area (Å²) >= 11 is 1.70. The number of aliphatic hydroxyl groups is 1. The molecule has 2 heterocycles. The van der Waals surface area contributed by atoms with Gasteiger partial charge < -0.3 is 15.3 Å². The molecule has 3 rings (SSSR count). The van der Waals surface area contributed by atoms with Crippen molar-refractivity contribution in [1.82, 2.24) is 4.90 Å². The molecule has 1 aromatic carbocycles. The lowest BCUT2D eigenvalue weighted by Crippen LogP contribution is -2.33. The maximum Gasteiger partial charge on any atom is 0.321 e. The van der Waals surface area contributed by atoms with Crippen molar-refractivity contribution in [2.75, 3.05) is 18.4 Å². The van der Waals surface area contributed by atoms with Crippen LogP contribution in [0.2, 0.25) is 0 Å². The van der Waals surface area contributed by atoms with Crippen LogP contribution >= 0.6 is 11.3 Å². The average Bonchev–Trinajstić information content (AvgIpc) is 3.08. The Balaban J connectivity index is 1.75. The van der Waals surface area contributed by atoms with Crippen LogP contribution in [-0.4, -0.2) is 35.2 Å². The molecular weight excluding hydrogens is 284 g/mol. The summed E-state index contributed by atoms with van der Waals surface area (Å²) in [4.78, 5) is 15.0. The van der Waals surface area contributed by atoms with Gasteiger partial charge in [0.25, 0.3) is 0 Å². The van der Waals surface area contributed by atoms with Gasteiger partial charge in [0, 0.05) is 23.7 Å². The number of nitrogens with one attached hydrogen (secondary N) is 1. The Morgan fingerprint density at radius 1 is 1.43 bits per heavy atom. The second-order valence-electron chi connectivity index (χ2n) is 5.33. The van der Waals surface area contributed by atoms with E-state index in [1.807, 2.05) is 24.3 Å². The van der Waals surface area contributed by atoms with Gasteiger partial charge in [-0.05, 0) is 48.1 Å². The molecule has 2 amide bonds. The molecular formula is C16H18N2O2S. The van der Waals surface area contributed by atoms with Crippen LogP contribution in [0.3, 0.4) is 0 Å². The Morgan fingerprint density at radius 2 is 2.29 bits per heavy atom. The van der Waals surface area contributed by atoms with E-state index in [-0.39, 0.29) is 6.03 Å². The van der Waals surface area contributed by atoms with Gasteiger partial charge in [0.15, 0.2) is 0 Å². The number of rotatable bonds is 2. The van der Waals surface area contributed by atoms with Gasteiger partial charge in [0.2, 0.25) is 0 Å². The molecule has 1 aromatic heterocycles. The first-order valence-corrected chi connectivity index (χ1v) is 7.90. The van der Waals surface area contributed by atoms with E-state index in [2.05, 4.69) is 23.7 Å². The first kappa shape index (κ1) is 14.1. The molecule has 1 saturated heterocycles. The molecule has 0 spiro atoms. The molecule has 5 heteroatoms. The van der Waals surface area contributed by atoms with Crippen LogP contribution in [0.15, 0.2) is 35.7 Å². The summed E-state index contributed by atoms with van der Waals surface area (Å²) in [5.74, 6) is 0. The number of aryl methyl sites for hydroxylation is 1. The van der Waals surface area contributed by atoms with Crippen LogP contribution in [-0.2, 0) is 0 Å². The highest BCUT2D eigenvalue weighted by Crippen LogP contribution is 2.30. The maximum atomic E-state index is 12.1. The van der Waals surface area contributed by atoms with Gasteiger partial charge in [0.05, 0.1) is 6.10 Å². The number of anilines is 1. The average molecular weight is 302 g/mol. The fourth-order valence-corrected chi connectivity index (χ4v) is 3.46. The molecule has 4 nitrogen and oxygen atoms in total. The van der Waals surface area contributed by atoms with E-state index in [0.29, 0.717) is 19.5 Å². The van der Waals surface area contributed by atoms with Crippen LogP contribution in [0.1, 0.15) is 12.0 Å². The largest absolute Gasteiger partial charge is 0.391 e. The van der Waals surface area contributed by atoms with Gasteiger partial charge in [0.1, 0.15) is 0 Å². The van der Waals surface area contributed by atoms with E-state index in [0.717, 1.165) is 11.3 Å². The second-order valence-corrected chi connectivity index (χ2v) is 6.25. The first-order valence-electron chi connectivity index (χ1n) is 7.02. The molecule has 21 heavy (non-hydrogen) atoms. The number of amides is 2. The minimum absolute atomic E-state index is 0.147. The smallest absolute Gasteiger partial charge is 0.321 e. The van der Waals surface area contributed by atoms with Gasteiger partial charge >= 0.3 is 6.03 Å². The zero-order chi connectivity index (χ0) is 14.8. The van der Waals surface area contributed by atoms with Crippen molar-refractivity contribution in [2.45, 2.75) is 19.4 Å². The maximum absolute atomic E-state index is 12.1. The standard InChI is InChI=1S/C16H18N2O2S/c1-11-6-8-21-15(11)12-3-2-4-13(9-12)17-16(20)18-7-5-14(19)10-18/h2-4,6,8-9,14,19H,5,7,10H2,1H3,(H,17,20)/t14-/m0/s1. The Kier molecular flexibility index (Phi) is 3.94. The number of carbonyl (C=O) groups excluding carboxylic acids is 1. The van der Waals surface area contributed by atoms with Crippen molar-refractivity contribution in [3.63, 3.8) is 0 Å². The van der Waals surface area contributed by atoms with Gasteiger partial charge in [-0.15, -0.1) is 11.3 Å². The van der Waals surface area contributed by atoms with Crippen LogP contribution in [0.25, 0.3) is 10.4 Å². The summed E-state index contributed by atoms with van der Waals surface area (Å²) in [5.41, 5.74) is 3.14. The van der Waals surface area contributed by atoms with Crippen molar-refractivity contribution < 1.29 is 9.90 Å². The summed E-state index contributed by atoms with van der Waals surface area (Å²) in [7, 11) is 0. The fraction of sp³-hybridized carbons (Fsp3) is 0.312. The van der Waals surface area contributed by atoms with Gasteiger partial charge in [-0.2, -0.15) is 0 Å². The number of thiophene rings is 1. The van der Waals surface area contributed by atoms with Gasteiger partial charge in [-0.1, -0.05) is 12.1 Å². The van der Waals surface area contributed by atoms with Crippen molar-refractivity contribution in [3.05, 3.63) is 41.3 Å². The highest BCUT2D eigenvalue weighted by molar-refractivity contribution is 7.13. The van der Waals surface area contributed by atoms with Crippen LogP contribution in [0.4, 0.5) is 10.5 Å². The van der Waals surface area contributed by atoms with E-state index in [9.17, 15) is 9.90 Å². The quantitative estimate of drug-likeness (QED) is 0.894. The number of β-amino-alcohol motifs (C(OH)–C–C–N with tert-alkyl or cyclic N) is 1. The van der Waals surface area contributed by atoms with Crippen molar-refractivity contribution in [2.24, 2.45) is 0 Å². The zero-order valence-electron chi connectivity index (χ0n) is 11.9. The van der Waals surface area contributed by atoms with E-state index in [4.69, 9.17) is 0 Å². The summed E-state index contributed by atoms with van der Waals surface area (Å²) in [5, 5.41) is 14.5. The monoisotopic (exact) mass is 302 g/mol. The number of urea groups is 1. The Hall–Kier alpha value is -1.85. The molecule has 0 aliphatic carbocycles. The van der Waals surface area contributed by atoms with Crippen molar-refractivity contribution >= 4 is 23.1 Å². The van der Waals surface area contributed by atoms with Gasteiger partial charge in [-0.25, -0.2) is 4.79 Å². The second kappa shape index (κ2) is 5.87. The third kappa shape index (κ3) is 3.09. The highest BCUT2D eigenvalue weighted by Gasteiger charge is 2.24. The normalized spacial score (nSPS) is 18.0. The summed E-state index contributed by atoms with van der Waals surface area (Å²) in [6.07, 6.45) is 0.262. The molecule has 0 bridgehead atoms. The van der Waals surface area contributed by atoms with E-state index in [1.54, 1.807) is 16.2 Å². The molecule has 0 radical (unpaired) electrons. The van der Waals surface area contributed by atoms with E-state index < -0.39 is 6.10 Å². The number of aliphatic hydroxyl groups excluding tert-OH is 1. The van der Waals surface area contributed by atoms with Crippen LogP contribution < -0.4 is 5.32 Å². The number of benzene rings is 1. The SMILES string of the molecule is Cc1ccsc1-c1cccc(NC(=O)N2CC[C@H](O)C2)c1. The number of carbonyl (C=O) groups is 1. The zero-order valence-corrected chi connectivity index (χ0v) is 12.7. The minimum atomic E-state index is -0.393. The van der Waals surface area contributed by atoms with E-state index in [1.165, 1.54) is 10.4 Å². The molecule has 1 aliphatic rings. The predicted molar refractivity (Wildman–Crippen MR) is 85.7 cm³/mol. The summed E-state index contributed by atoms with van der Waals surface area (Å²) in [6.45, 7) is 3.11. The Morgan fingerprint density at radius 3 is 2.95 bits per heavy atom. The Bertz CT molecular complexity index is 653. The molecule has 1 fully saturated rings. The molecule has 110 valence electrons. The lowest BCUT2D eigenvalue weighted by molar-refractivity contribution is 0.176. The fourth-order valence-electron chi connectivity index (χ4n) is 2.54. The molecule has 2 aromatic rings. The summed E-state index contributed by atoms with van der Waals surface area (Å²) < 4.78 is 0. The number of likely N-dealkylation sites (tertiary alicyclic amines) is 1. The number of hydrogen-bond donors (Lipinski definition) is 2. The van der Waals surface area contributed by atoms with Crippen LogP contribution in [0, 0.1) is 6.92 Å². The van der Waals surface area contributed by atoms with E-state index >= 15 is 0 Å². The van der Waals surface area contributed by atoms with Gasteiger partial charge in [-0.3, -0.25) is 0 Å². The summed E-state index contributed by atoms with van der Waals surface area (Å²) in [6, 6.07) is 9.82. The topological polar surface area (TPSA) is 52.6 Å². The predicted octanol–water partition coefficient (Wildman–Crippen LogP) is 3.32. The lowest BCUT2D eigenvalue weighted by Gasteiger charge is -2.16. The number of hydrogen-bond acceptors (Lipinski definition) is 3. The van der Waals surface area contributed by atoms with Crippen molar-refractivity contribution in [1.29, 1.82) is 0 Å². The minimum Gasteiger partial charge on any atom is -0.391 e. The molecule has 1 atom stereocenters. The van der Waals surface area contributed by atoms with Crippen molar-refractivity contribution in [3.8, 4) is 10.4 Å². The third-order valence-corrected chi connectivity index (χ3v) is 4.75. The molecule has 0 unspecified atom stereocenters. The first-order chi connectivity index (χ1) is 10.1.